The van der Waals surface area contributed by atoms with Gasteiger partial charge in [-0.05, 0) is 38.8 Å². The van der Waals surface area contributed by atoms with Gasteiger partial charge in [-0.25, -0.2) is 4.79 Å². The molecule has 1 aromatic rings. The van der Waals surface area contributed by atoms with Gasteiger partial charge < -0.3 is 10.1 Å². The lowest BCUT2D eigenvalue weighted by atomic mass is 10.1. The van der Waals surface area contributed by atoms with Gasteiger partial charge in [0.25, 0.3) is 0 Å². The fraction of sp³-hybridized carbons (Fsp3) is 0.429. The van der Waals surface area contributed by atoms with Crippen LogP contribution >= 0.6 is 11.3 Å². The van der Waals surface area contributed by atoms with Crippen molar-refractivity contribution >= 4 is 28.2 Å². The maximum absolute atomic E-state index is 12.0. The first-order valence-electron chi connectivity index (χ1n) is 6.28. The molecule has 1 heterocycles. The van der Waals surface area contributed by atoms with E-state index in [1.807, 2.05) is 13.8 Å². The first kappa shape index (κ1) is 15.4. The predicted octanol–water partition coefficient (Wildman–Crippen LogP) is 3.31. The van der Waals surface area contributed by atoms with E-state index in [0.29, 0.717) is 17.2 Å². The van der Waals surface area contributed by atoms with Crippen LogP contribution in [0.3, 0.4) is 0 Å². The molecule has 4 nitrogen and oxygen atoms in total. The molecule has 0 saturated heterocycles. The molecule has 0 radical (unpaired) electrons. The van der Waals surface area contributed by atoms with E-state index in [9.17, 15) is 9.59 Å². The molecule has 5 heteroatoms. The molecule has 19 heavy (non-hydrogen) atoms. The van der Waals surface area contributed by atoms with Crippen LogP contribution in [0, 0.1) is 6.92 Å². The van der Waals surface area contributed by atoms with Crippen molar-refractivity contribution in [3.05, 3.63) is 28.2 Å². The first-order valence-corrected chi connectivity index (χ1v) is 7.09. The van der Waals surface area contributed by atoms with E-state index < -0.39 is 0 Å². The van der Waals surface area contributed by atoms with Gasteiger partial charge in [-0.15, -0.1) is 11.3 Å². The van der Waals surface area contributed by atoms with Crippen molar-refractivity contribution in [3.63, 3.8) is 0 Å². The second kappa shape index (κ2) is 7.09. The van der Waals surface area contributed by atoms with Crippen LogP contribution in [0.25, 0.3) is 0 Å². The number of carbonyl (C=O) groups excluding carboxylic acids is 2. The van der Waals surface area contributed by atoms with Crippen LogP contribution < -0.4 is 5.32 Å². The average molecular weight is 281 g/mol. The molecule has 0 saturated carbocycles. The Balaban J connectivity index is 3.16. The van der Waals surface area contributed by atoms with Crippen LogP contribution in [0.1, 0.15) is 41.6 Å². The first-order chi connectivity index (χ1) is 9.04. The zero-order valence-electron chi connectivity index (χ0n) is 11.7. The van der Waals surface area contributed by atoms with Gasteiger partial charge in [-0.3, -0.25) is 4.79 Å². The number of nitrogens with one attached hydrogen (secondary N) is 1. The van der Waals surface area contributed by atoms with Crippen LogP contribution in [0.4, 0.5) is 5.00 Å². The third kappa shape index (κ3) is 3.67. The number of esters is 1. The highest BCUT2D eigenvalue weighted by atomic mass is 32.1. The lowest BCUT2D eigenvalue weighted by Crippen LogP contribution is -2.13. The molecule has 0 aliphatic rings. The summed E-state index contributed by atoms with van der Waals surface area (Å²) in [6, 6.07) is 0. The van der Waals surface area contributed by atoms with Crippen LogP contribution in [0.15, 0.2) is 12.2 Å². The third-order valence-electron chi connectivity index (χ3n) is 2.60. The Hall–Kier alpha value is -1.62. The molecule has 0 atom stereocenters. The van der Waals surface area contributed by atoms with Gasteiger partial charge in [0, 0.05) is 4.88 Å². The minimum absolute atomic E-state index is 0.239. The Bertz CT molecular complexity index is 503. The van der Waals surface area contributed by atoms with Gasteiger partial charge in [-0.2, -0.15) is 0 Å². The lowest BCUT2D eigenvalue weighted by Gasteiger charge is -2.06. The number of allylic oxidation sites excluding steroid dienone is 1. The summed E-state index contributed by atoms with van der Waals surface area (Å²) in [5, 5.41) is 3.30. The Kier molecular flexibility index (Phi) is 5.76. The summed E-state index contributed by atoms with van der Waals surface area (Å²) < 4.78 is 5.06. The normalized spacial score (nSPS) is 10.7. The van der Waals surface area contributed by atoms with Crippen molar-refractivity contribution < 1.29 is 14.3 Å². The topological polar surface area (TPSA) is 55.4 Å². The van der Waals surface area contributed by atoms with Crippen molar-refractivity contribution in [2.24, 2.45) is 0 Å². The van der Waals surface area contributed by atoms with E-state index in [2.05, 4.69) is 5.32 Å². The molecule has 1 amide bonds. The summed E-state index contributed by atoms with van der Waals surface area (Å²) in [7, 11) is 0. The van der Waals surface area contributed by atoms with Crippen molar-refractivity contribution in [1.29, 1.82) is 0 Å². The molecule has 0 spiro atoms. The summed E-state index contributed by atoms with van der Waals surface area (Å²) in [6.45, 7) is 7.77. The van der Waals surface area contributed by atoms with E-state index in [4.69, 9.17) is 4.74 Å². The molecule has 0 fully saturated rings. The second-order valence-electron chi connectivity index (χ2n) is 3.90. The predicted molar refractivity (Wildman–Crippen MR) is 77.8 cm³/mol. The Morgan fingerprint density at radius 3 is 2.58 bits per heavy atom. The zero-order chi connectivity index (χ0) is 14.4. The largest absolute Gasteiger partial charge is 0.462 e. The summed E-state index contributed by atoms with van der Waals surface area (Å²) in [6.07, 6.45) is 3.81. The fourth-order valence-corrected chi connectivity index (χ4v) is 2.95. The summed E-state index contributed by atoms with van der Waals surface area (Å²) in [4.78, 5) is 24.7. The molecule has 104 valence electrons. The van der Waals surface area contributed by atoms with Crippen molar-refractivity contribution in [3.8, 4) is 0 Å². The smallest absolute Gasteiger partial charge is 0.341 e. The van der Waals surface area contributed by atoms with Crippen LogP contribution in [-0.2, 0) is 16.0 Å². The third-order valence-corrected chi connectivity index (χ3v) is 3.66. The number of ether oxygens (including phenoxy) is 1. The average Bonchev–Trinajstić information content (AvgIpc) is 2.65. The van der Waals surface area contributed by atoms with Gasteiger partial charge in [0.05, 0.1) is 12.2 Å². The minimum atomic E-state index is -0.375. The molecule has 1 aromatic heterocycles. The van der Waals surface area contributed by atoms with Gasteiger partial charge >= 0.3 is 5.97 Å². The molecule has 1 rings (SSSR count). The Morgan fingerprint density at radius 2 is 2.05 bits per heavy atom. The molecule has 0 unspecified atom stereocenters. The molecule has 1 N–H and O–H groups in total. The molecular formula is C14H19NO3S. The number of amides is 1. The number of hydrogen-bond donors (Lipinski definition) is 1. The van der Waals surface area contributed by atoms with E-state index in [0.717, 1.165) is 16.9 Å². The Morgan fingerprint density at radius 1 is 1.37 bits per heavy atom. The highest BCUT2D eigenvalue weighted by Gasteiger charge is 2.22. The van der Waals surface area contributed by atoms with Gasteiger partial charge in [-0.1, -0.05) is 13.0 Å². The van der Waals surface area contributed by atoms with Gasteiger partial charge in [0.1, 0.15) is 5.00 Å². The molecule has 0 bridgehead atoms. The summed E-state index contributed by atoms with van der Waals surface area (Å²) in [5.74, 6) is -0.614. The van der Waals surface area contributed by atoms with E-state index in [-0.39, 0.29) is 11.9 Å². The summed E-state index contributed by atoms with van der Waals surface area (Å²) in [5.41, 5.74) is 1.43. The second-order valence-corrected chi connectivity index (χ2v) is 5.13. The van der Waals surface area contributed by atoms with Gasteiger partial charge in [0.15, 0.2) is 0 Å². The number of hydrogen-bond acceptors (Lipinski definition) is 4. The fourth-order valence-electron chi connectivity index (χ4n) is 1.82. The molecular weight excluding hydrogens is 262 g/mol. The summed E-state index contributed by atoms with van der Waals surface area (Å²) >= 11 is 1.41. The highest BCUT2D eigenvalue weighted by Crippen LogP contribution is 2.34. The number of carbonyl (C=O) groups is 2. The SMILES string of the molecule is CC=CC(=O)Nc1sc(C)c(CC)c1C(=O)OCC. The standard InChI is InChI=1S/C14H19NO3S/c1-5-8-11(16)15-13-12(14(17)18-7-3)10(6-2)9(4)19-13/h5,8H,6-7H2,1-4H3,(H,15,16). The quantitative estimate of drug-likeness (QED) is 0.665. The van der Waals surface area contributed by atoms with Gasteiger partial charge in [0.2, 0.25) is 5.91 Å². The molecule has 0 aromatic carbocycles. The van der Waals surface area contributed by atoms with E-state index >= 15 is 0 Å². The zero-order valence-corrected chi connectivity index (χ0v) is 12.5. The minimum Gasteiger partial charge on any atom is -0.462 e. The van der Waals surface area contributed by atoms with E-state index in [1.54, 1.807) is 19.9 Å². The van der Waals surface area contributed by atoms with Crippen molar-refractivity contribution in [2.45, 2.75) is 34.1 Å². The van der Waals surface area contributed by atoms with Crippen LogP contribution in [0.2, 0.25) is 0 Å². The highest BCUT2D eigenvalue weighted by molar-refractivity contribution is 7.16. The number of anilines is 1. The molecule has 0 aliphatic carbocycles. The van der Waals surface area contributed by atoms with Crippen LogP contribution in [-0.4, -0.2) is 18.5 Å². The van der Waals surface area contributed by atoms with Crippen molar-refractivity contribution in [1.82, 2.24) is 0 Å². The maximum Gasteiger partial charge on any atom is 0.341 e. The van der Waals surface area contributed by atoms with E-state index in [1.165, 1.54) is 17.4 Å². The number of thiophene rings is 1. The number of aryl methyl sites for hydroxylation is 1. The molecule has 0 aliphatic heterocycles. The lowest BCUT2D eigenvalue weighted by molar-refractivity contribution is -0.111. The monoisotopic (exact) mass is 281 g/mol. The number of rotatable bonds is 5. The maximum atomic E-state index is 12.0. The van der Waals surface area contributed by atoms with Crippen LogP contribution in [0.5, 0.6) is 0 Å². The van der Waals surface area contributed by atoms with Crippen molar-refractivity contribution in [2.75, 3.05) is 11.9 Å². The Labute approximate surface area is 117 Å².